The van der Waals surface area contributed by atoms with Crippen molar-refractivity contribution in [1.82, 2.24) is 4.90 Å². The highest BCUT2D eigenvalue weighted by Gasteiger charge is 2.33. The van der Waals surface area contributed by atoms with E-state index in [-0.39, 0.29) is 11.7 Å². The number of piperidine rings is 1. The van der Waals surface area contributed by atoms with Gasteiger partial charge in [-0.3, -0.25) is 9.69 Å². The monoisotopic (exact) mass is 303 g/mol. The number of methoxy groups -OCH3 is 2. The lowest BCUT2D eigenvalue weighted by Crippen LogP contribution is -2.47. The molecule has 1 unspecified atom stereocenters. The number of nitrogens with zero attached hydrogens (tertiary/aromatic N) is 1. The van der Waals surface area contributed by atoms with E-state index in [0.717, 1.165) is 25.9 Å². The van der Waals surface area contributed by atoms with E-state index in [1.165, 1.54) is 19.3 Å². The van der Waals surface area contributed by atoms with Gasteiger partial charge in [0.15, 0.2) is 5.78 Å². The summed E-state index contributed by atoms with van der Waals surface area (Å²) in [5, 5.41) is 0. The van der Waals surface area contributed by atoms with Crippen LogP contribution in [0.4, 0.5) is 0 Å². The Morgan fingerprint density at radius 3 is 2.59 bits per heavy atom. The predicted octanol–water partition coefficient (Wildman–Crippen LogP) is 3.15. The molecule has 22 heavy (non-hydrogen) atoms. The number of ether oxygens (including phenoxy) is 2. The fourth-order valence-corrected chi connectivity index (χ4v) is 3.53. The van der Waals surface area contributed by atoms with Crippen LogP contribution in [0.25, 0.3) is 0 Å². The number of rotatable bonds is 5. The number of carbonyl (C=O) groups is 1. The van der Waals surface area contributed by atoms with Crippen molar-refractivity contribution in [2.45, 2.75) is 38.1 Å². The minimum Gasteiger partial charge on any atom is -0.497 e. The maximum absolute atomic E-state index is 12.9. The second kappa shape index (κ2) is 6.69. The molecule has 1 saturated carbocycles. The first-order valence-electron chi connectivity index (χ1n) is 8.23. The van der Waals surface area contributed by atoms with Crippen LogP contribution in [0.5, 0.6) is 11.5 Å². The second-order valence-electron chi connectivity index (χ2n) is 6.35. The molecule has 1 aliphatic heterocycles. The molecule has 4 heteroatoms. The molecule has 1 saturated heterocycles. The molecule has 1 aliphatic carbocycles. The van der Waals surface area contributed by atoms with E-state index in [9.17, 15) is 4.79 Å². The van der Waals surface area contributed by atoms with E-state index in [1.807, 2.05) is 12.1 Å². The van der Waals surface area contributed by atoms with Crippen LogP contribution in [0.1, 0.15) is 42.5 Å². The first kappa shape index (κ1) is 15.3. The van der Waals surface area contributed by atoms with Crippen LogP contribution in [-0.4, -0.2) is 44.0 Å². The zero-order chi connectivity index (χ0) is 15.5. The van der Waals surface area contributed by atoms with Gasteiger partial charge in [-0.05, 0) is 44.4 Å². The average molecular weight is 303 g/mol. The summed E-state index contributed by atoms with van der Waals surface area (Å²) >= 11 is 0. The van der Waals surface area contributed by atoms with E-state index >= 15 is 0 Å². The minimum absolute atomic E-state index is 0.0941. The molecular weight excluding hydrogens is 278 g/mol. The van der Waals surface area contributed by atoms with Gasteiger partial charge in [0.2, 0.25) is 0 Å². The van der Waals surface area contributed by atoms with Crippen molar-refractivity contribution in [3.05, 3.63) is 23.8 Å². The number of hydrogen-bond acceptors (Lipinski definition) is 4. The van der Waals surface area contributed by atoms with Crippen LogP contribution in [0, 0.1) is 5.92 Å². The van der Waals surface area contributed by atoms with Gasteiger partial charge in [-0.2, -0.15) is 0 Å². The molecule has 120 valence electrons. The standard InChI is InChI=1S/C18H25NO3/c1-21-15-8-9-16(17(11-15)22-2)18(20)13-5-4-10-19(12-13)14-6-3-7-14/h8-9,11,13-14H,3-7,10,12H2,1-2H3. The van der Waals surface area contributed by atoms with Gasteiger partial charge in [-0.15, -0.1) is 0 Å². The van der Waals surface area contributed by atoms with Gasteiger partial charge in [0.25, 0.3) is 0 Å². The summed E-state index contributed by atoms with van der Waals surface area (Å²) < 4.78 is 10.6. The van der Waals surface area contributed by atoms with Crippen LogP contribution >= 0.6 is 0 Å². The zero-order valence-corrected chi connectivity index (χ0v) is 13.5. The smallest absolute Gasteiger partial charge is 0.170 e. The van der Waals surface area contributed by atoms with E-state index < -0.39 is 0 Å². The topological polar surface area (TPSA) is 38.8 Å². The minimum atomic E-state index is 0.0941. The number of hydrogen-bond donors (Lipinski definition) is 0. The summed E-state index contributed by atoms with van der Waals surface area (Å²) in [5.74, 6) is 1.64. The summed E-state index contributed by atoms with van der Waals surface area (Å²) in [6.07, 6.45) is 6.04. The van der Waals surface area contributed by atoms with Crippen molar-refractivity contribution in [3.63, 3.8) is 0 Å². The lowest BCUT2D eigenvalue weighted by Gasteiger charge is -2.42. The van der Waals surface area contributed by atoms with Crippen LogP contribution in [0.3, 0.4) is 0 Å². The summed E-state index contributed by atoms with van der Waals surface area (Å²) in [6, 6.07) is 6.18. The lowest BCUT2D eigenvalue weighted by molar-refractivity contribution is 0.0610. The summed E-state index contributed by atoms with van der Waals surface area (Å²) in [4.78, 5) is 15.4. The van der Waals surface area contributed by atoms with Crippen LogP contribution < -0.4 is 9.47 Å². The van der Waals surface area contributed by atoms with Crippen molar-refractivity contribution in [2.24, 2.45) is 5.92 Å². The number of Topliss-reactive ketones (excluding diaryl/α,β-unsaturated/α-hetero) is 1. The highest BCUT2D eigenvalue weighted by atomic mass is 16.5. The zero-order valence-electron chi connectivity index (χ0n) is 13.5. The van der Waals surface area contributed by atoms with Gasteiger partial charge < -0.3 is 9.47 Å². The maximum Gasteiger partial charge on any atom is 0.170 e. The molecule has 0 bridgehead atoms. The Bertz CT molecular complexity index is 539. The Balaban J connectivity index is 1.75. The molecule has 3 rings (SSSR count). The Kier molecular flexibility index (Phi) is 4.67. The van der Waals surface area contributed by atoms with Crippen molar-refractivity contribution >= 4 is 5.78 Å². The highest BCUT2D eigenvalue weighted by Crippen LogP contribution is 2.32. The second-order valence-corrected chi connectivity index (χ2v) is 6.35. The van der Waals surface area contributed by atoms with Crippen molar-refractivity contribution < 1.29 is 14.3 Å². The fraction of sp³-hybridized carbons (Fsp3) is 0.611. The first-order valence-corrected chi connectivity index (χ1v) is 8.23. The SMILES string of the molecule is COc1ccc(C(=O)C2CCCN(C3CCC3)C2)c(OC)c1. The van der Waals surface area contributed by atoms with Crippen molar-refractivity contribution in [3.8, 4) is 11.5 Å². The van der Waals surface area contributed by atoms with Gasteiger partial charge in [-0.25, -0.2) is 0 Å². The summed E-state index contributed by atoms with van der Waals surface area (Å²) in [7, 11) is 3.22. The van der Waals surface area contributed by atoms with Gasteiger partial charge in [-0.1, -0.05) is 6.42 Å². The molecule has 1 atom stereocenters. The van der Waals surface area contributed by atoms with E-state index in [0.29, 0.717) is 23.1 Å². The first-order chi connectivity index (χ1) is 10.7. The predicted molar refractivity (Wildman–Crippen MR) is 85.8 cm³/mol. The Labute approximate surface area is 132 Å². The molecule has 0 N–H and O–H groups in total. The third kappa shape index (κ3) is 2.98. The molecule has 0 amide bonds. The van der Waals surface area contributed by atoms with E-state index in [1.54, 1.807) is 20.3 Å². The summed E-state index contributed by atoms with van der Waals surface area (Å²) in [5.41, 5.74) is 0.684. The molecule has 1 aromatic carbocycles. The number of benzene rings is 1. The maximum atomic E-state index is 12.9. The van der Waals surface area contributed by atoms with Crippen LogP contribution in [0.15, 0.2) is 18.2 Å². The molecule has 0 aromatic heterocycles. The molecular formula is C18H25NO3. The molecule has 2 aliphatic rings. The quantitative estimate of drug-likeness (QED) is 0.783. The Morgan fingerprint density at radius 2 is 1.95 bits per heavy atom. The largest absolute Gasteiger partial charge is 0.497 e. The normalized spacial score (nSPS) is 22.9. The van der Waals surface area contributed by atoms with Gasteiger partial charge in [0.05, 0.1) is 19.8 Å². The molecule has 1 heterocycles. The fourth-order valence-electron chi connectivity index (χ4n) is 3.53. The molecule has 2 fully saturated rings. The van der Waals surface area contributed by atoms with Gasteiger partial charge in [0.1, 0.15) is 11.5 Å². The van der Waals surface area contributed by atoms with Crippen LogP contribution in [-0.2, 0) is 0 Å². The number of carbonyl (C=O) groups excluding carboxylic acids is 1. The molecule has 4 nitrogen and oxygen atoms in total. The Hall–Kier alpha value is -1.55. The number of likely N-dealkylation sites (tertiary alicyclic amines) is 1. The third-order valence-electron chi connectivity index (χ3n) is 5.09. The van der Waals surface area contributed by atoms with Gasteiger partial charge >= 0.3 is 0 Å². The average Bonchev–Trinajstić information content (AvgIpc) is 2.52. The Morgan fingerprint density at radius 1 is 1.14 bits per heavy atom. The lowest BCUT2D eigenvalue weighted by atomic mass is 9.85. The number of ketones is 1. The van der Waals surface area contributed by atoms with Gasteiger partial charge in [0, 0.05) is 24.6 Å². The highest BCUT2D eigenvalue weighted by molar-refractivity contribution is 6.00. The van der Waals surface area contributed by atoms with Crippen LogP contribution in [0.2, 0.25) is 0 Å². The third-order valence-corrected chi connectivity index (χ3v) is 5.09. The van der Waals surface area contributed by atoms with Crippen molar-refractivity contribution in [1.29, 1.82) is 0 Å². The summed E-state index contributed by atoms with van der Waals surface area (Å²) in [6.45, 7) is 2.05. The molecule has 0 radical (unpaired) electrons. The molecule has 0 spiro atoms. The van der Waals surface area contributed by atoms with E-state index in [4.69, 9.17) is 9.47 Å². The van der Waals surface area contributed by atoms with E-state index in [2.05, 4.69) is 4.90 Å². The van der Waals surface area contributed by atoms with Crippen molar-refractivity contribution in [2.75, 3.05) is 27.3 Å². The molecule has 1 aromatic rings.